The summed E-state index contributed by atoms with van der Waals surface area (Å²) >= 11 is 5.55. The maximum absolute atomic E-state index is 11.3. The Bertz CT molecular complexity index is 429. The van der Waals surface area contributed by atoms with E-state index in [0.717, 1.165) is 0 Å². The van der Waals surface area contributed by atoms with Crippen molar-refractivity contribution in [1.29, 1.82) is 0 Å². The maximum Gasteiger partial charge on any atom is 0.338 e. The Hall–Kier alpha value is -1.44. The summed E-state index contributed by atoms with van der Waals surface area (Å²) in [6.45, 7) is 1.68. The van der Waals surface area contributed by atoms with Gasteiger partial charge in [-0.3, -0.25) is 0 Å². The number of hydrogen-bond donors (Lipinski definition) is 2. The molecule has 1 heterocycles. The maximum atomic E-state index is 11.3. The molecule has 0 saturated heterocycles. The first kappa shape index (κ1) is 14.6. The molecule has 0 aliphatic rings. The molecule has 2 unspecified atom stereocenters. The summed E-state index contributed by atoms with van der Waals surface area (Å²) in [7, 11) is 1.31. The molecule has 7 nitrogen and oxygen atoms in total. The molecule has 0 saturated carbocycles. The molecule has 0 spiro atoms. The van der Waals surface area contributed by atoms with Gasteiger partial charge in [0.05, 0.1) is 19.3 Å². The molecule has 2 atom stereocenters. The van der Waals surface area contributed by atoms with Crippen molar-refractivity contribution < 1.29 is 24.5 Å². The number of methoxy groups -OCH3 is 1. The SMILES string of the molecule is CCOC(=O)C(O)C(O)c1cnc(Cl)nc1OC. The van der Waals surface area contributed by atoms with E-state index < -0.39 is 18.2 Å². The molecular weight excluding hydrogens is 264 g/mol. The Balaban J connectivity index is 2.95. The highest BCUT2D eigenvalue weighted by Gasteiger charge is 2.30. The predicted octanol–water partition coefficient (Wildman–Crippen LogP) is 0.0960. The van der Waals surface area contributed by atoms with E-state index in [-0.39, 0.29) is 23.3 Å². The first-order valence-corrected chi connectivity index (χ1v) is 5.48. The molecule has 2 N–H and O–H groups in total. The Morgan fingerprint density at radius 3 is 2.78 bits per heavy atom. The van der Waals surface area contributed by atoms with Crippen LogP contribution in [0.3, 0.4) is 0 Å². The van der Waals surface area contributed by atoms with Gasteiger partial charge in [0.25, 0.3) is 0 Å². The molecule has 1 rings (SSSR count). The van der Waals surface area contributed by atoms with Gasteiger partial charge in [-0.15, -0.1) is 0 Å². The van der Waals surface area contributed by atoms with E-state index in [0.29, 0.717) is 0 Å². The number of aliphatic hydroxyl groups is 2. The van der Waals surface area contributed by atoms with Crippen LogP contribution >= 0.6 is 11.6 Å². The standard InChI is InChI=1S/C10H13ClN2O5/c1-3-18-9(16)7(15)6(14)5-4-12-10(11)13-8(5)17-2/h4,6-7,14-15H,3H2,1-2H3. The largest absolute Gasteiger partial charge is 0.481 e. The smallest absolute Gasteiger partial charge is 0.338 e. The van der Waals surface area contributed by atoms with Crippen LogP contribution < -0.4 is 4.74 Å². The quantitative estimate of drug-likeness (QED) is 0.581. The van der Waals surface area contributed by atoms with E-state index in [9.17, 15) is 15.0 Å². The second-order valence-corrected chi connectivity index (χ2v) is 3.58. The minimum atomic E-state index is -1.75. The molecule has 8 heteroatoms. The van der Waals surface area contributed by atoms with Crippen molar-refractivity contribution in [3.63, 3.8) is 0 Å². The Morgan fingerprint density at radius 1 is 1.56 bits per heavy atom. The molecule has 0 aromatic carbocycles. The highest BCUT2D eigenvalue weighted by molar-refractivity contribution is 6.28. The van der Waals surface area contributed by atoms with Crippen LogP contribution in [-0.2, 0) is 9.53 Å². The number of rotatable bonds is 5. The number of nitrogens with zero attached hydrogens (tertiary/aromatic N) is 2. The van der Waals surface area contributed by atoms with Crippen LogP contribution in [0.5, 0.6) is 5.88 Å². The average Bonchev–Trinajstić information content (AvgIpc) is 2.37. The van der Waals surface area contributed by atoms with Crippen LogP contribution in [0.15, 0.2) is 6.20 Å². The van der Waals surface area contributed by atoms with Crippen LogP contribution in [0.2, 0.25) is 5.28 Å². The van der Waals surface area contributed by atoms with Gasteiger partial charge in [0.1, 0.15) is 6.10 Å². The van der Waals surface area contributed by atoms with Crippen molar-refractivity contribution in [2.45, 2.75) is 19.1 Å². The van der Waals surface area contributed by atoms with Gasteiger partial charge in [0.15, 0.2) is 6.10 Å². The number of carbonyl (C=O) groups is 1. The number of halogens is 1. The number of carbonyl (C=O) groups excluding carboxylic acids is 1. The minimum Gasteiger partial charge on any atom is -0.481 e. The molecule has 0 bridgehead atoms. The van der Waals surface area contributed by atoms with Gasteiger partial charge in [-0.05, 0) is 18.5 Å². The lowest BCUT2D eigenvalue weighted by molar-refractivity contribution is -0.159. The predicted molar refractivity (Wildman–Crippen MR) is 61.2 cm³/mol. The second-order valence-electron chi connectivity index (χ2n) is 3.25. The fraction of sp³-hybridized carbons (Fsp3) is 0.500. The summed E-state index contributed by atoms with van der Waals surface area (Å²) in [5.41, 5.74) is 0.0439. The molecule has 0 radical (unpaired) electrons. The van der Waals surface area contributed by atoms with Gasteiger partial charge in [-0.1, -0.05) is 0 Å². The van der Waals surface area contributed by atoms with E-state index in [1.807, 2.05) is 0 Å². The van der Waals surface area contributed by atoms with Crippen molar-refractivity contribution in [2.75, 3.05) is 13.7 Å². The molecule has 1 aromatic heterocycles. The Kier molecular flexibility index (Phi) is 5.26. The molecule has 0 aliphatic heterocycles. The van der Waals surface area contributed by atoms with Gasteiger partial charge in [0, 0.05) is 6.20 Å². The molecule has 0 amide bonds. The normalized spacial score (nSPS) is 13.8. The molecule has 0 aliphatic carbocycles. The lowest BCUT2D eigenvalue weighted by Gasteiger charge is -2.17. The van der Waals surface area contributed by atoms with E-state index >= 15 is 0 Å². The highest BCUT2D eigenvalue weighted by atomic mass is 35.5. The van der Waals surface area contributed by atoms with Crippen LogP contribution in [0, 0.1) is 0 Å². The Labute approximate surface area is 108 Å². The molecule has 0 fully saturated rings. The van der Waals surface area contributed by atoms with Gasteiger partial charge in [-0.2, -0.15) is 4.98 Å². The zero-order valence-corrected chi connectivity index (χ0v) is 10.6. The summed E-state index contributed by atoms with van der Waals surface area (Å²) in [5.74, 6) is -0.965. The first-order chi connectivity index (χ1) is 8.51. The topological polar surface area (TPSA) is 102 Å². The molecule has 18 heavy (non-hydrogen) atoms. The number of hydrogen-bond acceptors (Lipinski definition) is 7. The van der Waals surface area contributed by atoms with Crippen molar-refractivity contribution >= 4 is 17.6 Å². The third kappa shape index (κ3) is 3.28. The Morgan fingerprint density at radius 2 is 2.22 bits per heavy atom. The van der Waals surface area contributed by atoms with Gasteiger partial charge in [-0.25, -0.2) is 9.78 Å². The number of esters is 1. The molecular formula is C10H13ClN2O5. The van der Waals surface area contributed by atoms with Crippen LogP contribution in [0.1, 0.15) is 18.6 Å². The lowest BCUT2D eigenvalue weighted by atomic mass is 10.1. The average molecular weight is 277 g/mol. The summed E-state index contributed by atoms with van der Waals surface area (Å²) in [5, 5.41) is 19.4. The monoisotopic (exact) mass is 276 g/mol. The number of aromatic nitrogens is 2. The van der Waals surface area contributed by atoms with Crippen molar-refractivity contribution in [3.8, 4) is 5.88 Å². The minimum absolute atomic E-state index is 0.0224. The van der Waals surface area contributed by atoms with Crippen LogP contribution in [0.4, 0.5) is 0 Å². The van der Waals surface area contributed by atoms with Crippen molar-refractivity contribution in [2.24, 2.45) is 0 Å². The number of aliphatic hydroxyl groups excluding tert-OH is 2. The van der Waals surface area contributed by atoms with E-state index in [1.165, 1.54) is 13.3 Å². The zero-order chi connectivity index (χ0) is 13.7. The second kappa shape index (κ2) is 6.48. The van der Waals surface area contributed by atoms with E-state index in [2.05, 4.69) is 14.7 Å². The third-order valence-corrected chi connectivity index (χ3v) is 2.27. The van der Waals surface area contributed by atoms with Gasteiger partial charge >= 0.3 is 5.97 Å². The molecule has 1 aromatic rings. The number of ether oxygens (including phenoxy) is 2. The van der Waals surface area contributed by atoms with Crippen LogP contribution in [-0.4, -0.2) is 46.0 Å². The summed E-state index contributed by atoms with van der Waals surface area (Å²) in [6, 6.07) is 0. The summed E-state index contributed by atoms with van der Waals surface area (Å²) < 4.78 is 9.47. The van der Waals surface area contributed by atoms with E-state index in [1.54, 1.807) is 6.92 Å². The highest BCUT2D eigenvalue weighted by Crippen LogP contribution is 2.26. The fourth-order valence-corrected chi connectivity index (χ4v) is 1.37. The zero-order valence-electron chi connectivity index (χ0n) is 9.83. The van der Waals surface area contributed by atoms with Crippen LogP contribution in [0.25, 0.3) is 0 Å². The van der Waals surface area contributed by atoms with Gasteiger partial charge in [0.2, 0.25) is 11.2 Å². The molecule has 100 valence electrons. The third-order valence-electron chi connectivity index (χ3n) is 2.09. The first-order valence-electron chi connectivity index (χ1n) is 5.10. The summed E-state index contributed by atoms with van der Waals surface area (Å²) in [4.78, 5) is 18.6. The van der Waals surface area contributed by atoms with Crippen molar-refractivity contribution in [3.05, 3.63) is 17.0 Å². The lowest BCUT2D eigenvalue weighted by Crippen LogP contribution is -2.30. The summed E-state index contributed by atoms with van der Waals surface area (Å²) in [6.07, 6.45) is -2.14. The van der Waals surface area contributed by atoms with Crippen molar-refractivity contribution in [1.82, 2.24) is 9.97 Å². The van der Waals surface area contributed by atoms with E-state index in [4.69, 9.17) is 16.3 Å². The fourth-order valence-electron chi connectivity index (χ4n) is 1.25. The van der Waals surface area contributed by atoms with Gasteiger partial charge < -0.3 is 19.7 Å².